The fraction of sp³-hybridized carbons (Fsp3) is 0.500. The Kier molecular flexibility index (Phi) is 8.45. The van der Waals surface area contributed by atoms with E-state index in [1.165, 1.54) is 4.90 Å². The lowest BCUT2D eigenvalue weighted by molar-refractivity contribution is -0.179. The predicted octanol–water partition coefficient (Wildman–Crippen LogP) is 6.87. The quantitative estimate of drug-likeness (QED) is 0.396. The summed E-state index contributed by atoms with van der Waals surface area (Å²) in [6.07, 6.45) is -0.575. The van der Waals surface area contributed by atoms with Crippen molar-refractivity contribution in [2.24, 2.45) is 5.41 Å². The number of rotatable bonds is 7. The number of aliphatic hydroxyl groups excluding tert-OH is 1. The van der Waals surface area contributed by atoms with Gasteiger partial charge in [0.2, 0.25) is 0 Å². The predicted molar refractivity (Wildman–Crippen MR) is 132 cm³/mol. The molecule has 2 atom stereocenters. The lowest BCUT2D eigenvalue weighted by Gasteiger charge is -2.38. The highest BCUT2D eigenvalue weighted by molar-refractivity contribution is 5.83. The normalized spacial score (nSPS) is 22.1. The van der Waals surface area contributed by atoms with Gasteiger partial charge < -0.3 is 14.6 Å². The van der Waals surface area contributed by atoms with E-state index in [0.717, 1.165) is 12.5 Å². The lowest BCUT2D eigenvalue weighted by Crippen LogP contribution is -2.47. The van der Waals surface area contributed by atoms with Crippen LogP contribution in [0.15, 0.2) is 60.0 Å². The van der Waals surface area contributed by atoms with Crippen molar-refractivity contribution >= 4 is 12.1 Å². The Hall–Kier alpha value is -3.23. The Morgan fingerprint density at radius 2 is 1.95 bits per heavy atom. The topological polar surface area (TPSA) is 76.1 Å². The maximum atomic E-state index is 13.2. The SMILES string of the molecule is CCc1ccccc1C1(CCC(F)(F)F)C=C(O)C(OC(=O)N(CC(C)(C)C)C2=CC=CCC2)C(=O)O1. The highest BCUT2D eigenvalue weighted by atomic mass is 19.4. The molecule has 0 saturated carbocycles. The largest absolute Gasteiger partial charge is 0.508 e. The summed E-state index contributed by atoms with van der Waals surface area (Å²) >= 11 is 0. The molecule has 2 aliphatic rings. The van der Waals surface area contributed by atoms with Crippen LogP contribution in [0.4, 0.5) is 18.0 Å². The third-order valence-corrected chi connectivity index (χ3v) is 6.19. The second-order valence-corrected chi connectivity index (χ2v) is 10.5. The molecule has 1 aliphatic carbocycles. The maximum absolute atomic E-state index is 13.2. The van der Waals surface area contributed by atoms with Crippen molar-refractivity contribution in [3.05, 3.63) is 71.2 Å². The summed E-state index contributed by atoms with van der Waals surface area (Å²) in [6.45, 7) is 7.95. The number of ether oxygens (including phenoxy) is 2. The Morgan fingerprint density at radius 3 is 2.51 bits per heavy atom. The summed E-state index contributed by atoms with van der Waals surface area (Å²) < 4.78 is 50.7. The molecule has 1 amide bonds. The third kappa shape index (κ3) is 7.17. The summed E-state index contributed by atoms with van der Waals surface area (Å²) in [5.74, 6) is -1.79. The molecule has 2 unspecified atom stereocenters. The first kappa shape index (κ1) is 28.3. The highest BCUT2D eigenvalue weighted by Gasteiger charge is 2.48. The fourth-order valence-corrected chi connectivity index (χ4v) is 4.50. The number of hydrogen-bond acceptors (Lipinski definition) is 5. The molecule has 0 bridgehead atoms. The monoisotopic (exact) mass is 521 g/mol. The Balaban J connectivity index is 1.95. The third-order valence-electron chi connectivity index (χ3n) is 6.19. The zero-order valence-electron chi connectivity index (χ0n) is 21.6. The van der Waals surface area contributed by atoms with E-state index in [-0.39, 0.29) is 12.0 Å². The number of carbonyl (C=O) groups is 2. The second kappa shape index (κ2) is 11.0. The van der Waals surface area contributed by atoms with Gasteiger partial charge >= 0.3 is 18.2 Å². The van der Waals surface area contributed by atoms with Gasteiger partial charge in [-0.25, -0.2) is 9.59 Å². The number of cyclic esters (lactones) is 1. The number of carbonyl (C=O) groups excluding carboxylic acids is 2. The summed E-state index contributed by atoms with van der Waals surface area (Å²) in [5.41, 5.74) is -0.437. The second-order valence-electron chi connectivity index (χ2n) is 10.5. The molecule has 6 nitrogen and oxygen atoms in total. The van der Waals surface area contributed by atoms with Crippen LogP contribution in [-0.4, -0.2) is 40.9 Å². The Morgan fingerprint density at radius 1 is 1.24 bits per heavy atom. The van der Waals surface area contributed by atoms with E-state index < -0.39 is 48.5 Å². The molecule has 0 radical (unpaired) electrons. The van der Waals surface area contributed by atoms with Crippen molar-refractivity contribution in [2.45, 2.75) is 77.7 Å². The highest BCUT2D eigenvalue weighted by Crippen LogP contribution is 2.42. The van der Waals surface area contributed by atoms with Crippen molar-refractivity contribution in [1.82, 2.24) is 4.90 Å². The Bertz CT molecular complexity index is 1100. The molecule has 1 aromatic carbocycles. The van der Waals surface area contributed by atoms with Crippen molar-refractivity contribution < 1.29 is 37.3 Å². The van der Waals surface area contributed by atoms with Gasteiger partial charge in [-0.05, 0) is 36.3 Å². The van der Waals surface area contributed by atoms with Gasteiger partial charge in [0, 0.05) is 36.7 Å². The van der Waals surface area contributed by atoms with Gasteiger partial charge in [-0.1, -0.05) is 64.1 Å². The summed E-state index contributed by atoms with van der Waals surface area (Å²) in [6, 6.07) is 6.67. The van der Waals surface area contributed by atoms with Crippen molar-refractivity contribution in [1.29, 1.82) is 0 Å². The molecule has 0 saturated heterocycles. The number of aliphatic hydroxyl groups is 1. The molecule has 1 heterocycles. The fourth-order valence-electron chi connectivity index (χ4n) is 4.50. The summed E-state index contributed by atoms with van der Waals surface area (Å²) in [4.78, 5) is 27.7. The summed E-state index contributed by atoms with van der Waals surface area (Å²) in [7, 11) is 0. The van der Waals surface area contributed by atoms with E-state index in [2.05, 4.69) is 0 Å². The van der Waals surface area contributed by atoms with Crippen LogP contribution in [0.3, 0.4) is 0 Å². The first-order valence-electron chi connectivity index (χ1n) is 12.4. The van der Waals surface area contributed by atoms with E-state index >= 15 is 0 Å². The molecule has 0 aromatic heterocycles. The number of halogens is 3. The number of amides is 1. The molecule has 0 spiro atoms. The minimum absolute atomic E-state index is 0.289. The van der Waals surface area contributed by atoms with Crippen LogP contribution in [0.25, 0.3) is 0 Å². The number of nitrogens with zero attached hydrogens (tertiary/aromatic N) is 1. The van der Waals surface area contributed by atoms with Gasteiger partial charge in [-0.3, -0.25) is 4.90 Å². The van der Waals surface area contributed by atoms with Crippen LogP contribution < -0.4 is 0 Å². The van der Waals surface area contributed by atoms with Gasteiger partial charge in [-0.15, -0.1) is 0 Å². The van der Waals surface area contributed by atoms with Gasteiger partial charge in [-0.2, -0.15) is 13.2 Å². The van der Waals surface area contributed by atoms with E-state index in [1.54, 1.807) is 30.3 Å². The molecular formula is C28H34F3NO5. The average Bonchev–Trinajstić information content (AvgIpc) is 2.83. The Labute approximate surface area is 215 Å². The van der Waals surface area contributed by atoms with E-state index in [0.29, 0.717) is 29.7 Å². The van der Waals surface area contributed by atoms with Crippen molar-refractivity contribution in [2.75, 3.05) is 6.54 Å². The van der Waals surface area contributed by atoms with E-state index in [4.69, 9.17) is 9.47 Å². The van der Waals surface area contributed by atoms with Crippen molar-refractivity contribution in [3.63, 3.8) is 0 Å². The molecule has 37 heavy (non-hydrogen) atoms. The molecule has 1 aromatic rings. The standard InChI is InChI=1S/C28H34F3NO5/c1-5-19-11-9-10-14-21(19)27(15-16-28(29,30)31)17-22(33)23(24(34)37-27)36-25(35)32(18-26(2,3)4)20-12-7-6-8-13-20/h6-7,9-12,14,17,23,33H,5,8,13,15-16,18H2,1-4H3. The molecule has 3 rings (SSSR count). The van der Waals surface area contributed by atoms with E-state index in [1.807, 2.05) is 39.8 Å². The molecule has 1 N–H and O–H groups in total. The van der Waals surface area contributed by atoms with E-state index in [9.17, 15) is 27.9 Å². The zero-order chi connectivity index (χ0) is 27.4. The number of benzene rings is 1. The zero-order valence-corrected chi connectivity index (χ0v) is 21.6. The number of aryl methyl sites for hydroxylation is 1. The maximum Gasteiger partial charge on any atom is 0.415 e. The van der Waals surface area contributed by atoms with Crippen LogP contribution in [0.1, 0.15) is 64.5 Å². The van der Waals surface area contributed by atoms with Crippen LogP contribution in [-0.2, 0) is 26.3 Å². The molecule has 9 heteroatoms. The van der Waals surface area contributed by atoms with Crippen LogP contribution in [0, 0.1) is 5.41 Å². The van der Waals surface area contributed by atoms with Crippen LogP contribution in [0.2, 0.25) is 0 Å². The molecule has 0 fully saturated rings. The minimum Gasteiger partial charge on any atom is -0.508 e. The van der Waals surface area contributed by atoms with Crippen molar-refractivity contribution in [3.8, 4) is 0 Å². The van der Waals surface area contributed by atoms with Gasteiger partial charge in [0.05, 0.1) is 0 Å². The first-order chi connectivity index (χ1) is 17.2. The van der Waals surface area contributed by atoms with Gasteiger partial charge in [0.15, 0.2) is 5.60 Å². The lowest BCUT2D eigenvalue weighted by atomic mass is 9.82. The van der Waals surface area contributed by atoms with Crippen LogP contribution >= 0.6 is 0 Å². The first-order valence-corrected chi connectivity index (χ1v) is 12.4. The van der Waals surface area contributed by atoms with Crippen LogP contribution in [0.5, 0.6) is 0 Å². The number of alkyl halides is 3. The smallest absolute Gasteiger partial charge is 0.415 e. The molecule has 202 valence electrons. The number of hydrogen-bond donors (Lipinski definition) is 1. The van der Waals surface area contributed by atoms with Gasteiger partial charge in [0.25, 0.3) is 6.10 Å². The van der Waals surface area contributed by atoms with Gasteiger partial charge in [0.1, 0.15) is 5.76 Å². The molecular weight excluding hydrogens is 487 g/mol. The summed E-state index contributed by atoms with van der Waals surface area (Å²) in [5, 5.41) is 10.9. The minimum atomic E-state index is -4.51. The average molecular weight is 522 g/mol. The molecule has 1 aliphatic heterocycles. The number of allylic oxidation sites excluding steroid dienone is 4. The number of esters is 1.